The molecule has 1 aliphatic heterocycles. The summed E-state index contributed by atoms with van der Waals surface area (Å²) in [5, 5.41) is 3.46. The third kappa shape index (κ3) is 2.89. The van der Waals surface area contributed by atoms with Crippen LogP contribution in [0.2, 0.25) is 0 Å². The van der Waals surface area contributed by atoms with Crippen LogP contribution >= 0.6 is 0 Å². The number of hydrogen-bond acceptors (Lipinski definition) is 3. The predicted molar refractivity (Wildman–Crippen MR) is 90.5 cm³/mol. The lowest BCUT2D eigenvalue weighted by molar-refractivity contribution is 0.104. The zero-order valence-electron chi connectivity index (χ0n) is 12.9. The van der Waals surface area contributed by atoms with E-state index >= 15 is 0 Å². The minimum Gasteiger partial charge on any atom is -0.399 e. The number of carbonyl (C=O) groups excluding carboxylic acids is 1. The Morgan fingerprint density at radius 2 is 1.91 bits per heavy atom. The summed E-state index contributed by atoms with van der Waals surface area (Å²) in [6.07, 6.45) is 2.58. The molecule has 0 saturated carbocycles. The molecule has 0 amide bonds. The average molecular weight is 292 g/mol. The molecule has 0 bridgehead atoms. The Hall–Kier alpha value is -2.55. The SMILES string of the molecule is CC1(C)Cc2ccc(N)cc2/C(=C/C(=O)c2ccccc2)N1. The Balaban J connectivity index is 2.05. The first kappa shape index (κ1) is 14.4. The summed E-state index contributed by atoms with van der Waals surface area (Å²) in [6.45, 7) is 4.26. The number of nitrogens with one attached hydrogen (secondary N) is 1. The van der Waals surface area contributed by atoms with Gasteiger partial charge in [0.2, 0.25) is 0 Å². The third-order valence-electron chi connectivity index (χ3n) is 3.86. The van der Waals surface area contributed by atoms with Crippen LogP contribution < -0.4 is 11.1 Å². The van der Waals surface area contributed by atoms with Crippen molar-refractivity contribution in [1.82, 2.24) is 5.32 Å². The first-order valence-electron chi connectivity index (χ1n) is 7.43. The fourth-order valence-electron chi connectivity index (χ4n) is 2.88. The van der Waals surface area contributed by atoms with Crippen molar-refractivity contribution in [1.29, 1.82) is 0 Å². The molecular formula is C19H20N2O. The van der Waals surface area contributed by atoms with Gasteiger partial charge in [0.1, 0.15) is 0 Å². The number of rotatable bonds is 2. The number of anilines is 1. The maximum atomic E-state index is 12.5. The highest BCUT2D eigenvalue weighted by atomic mass is 16.1. The van der Waals surface area contributed by atoms with E-state index in [0.29, 0.717) is 11.3 Å². The van der Waals surface area contributed by atoms with Crippen LogP contribution in [0.3, 0.4) is 0 Å². The topological polar surface area (TPSA) is 55.1 Å². The van der Waals surface area contributed by atoms with Gasteiger partial charge in [-0.2, -0.15) is 0 Å². The molecule has 0 unspecified atom stereocenters. The minimum absolute atomic E-state index is 0.00539. The molecule has 3 heteroatoms. The summed E-state index contributed by atoms with van der Waals surface area (Å²) in [6, 6.07) is 15.2. The molecule has 1 heterocycles. The molecule has 2 aromatic carbocycles. The number of fused-ring (bicyclic) bond motifs is 1. The summed E-state index contributed by atoms with van der Waals surface area (Å²) in [7, 11) is 0. The number of allylic oxidation sites excluding steroid dienone is 1. The van der Waals surface area contributed by atoms with Crippen LogP contribution in [0.25, 0.3) is 5.70 Å². The summed E-state index contributed by atoms with van der Waals surface area (Å²) >= 11 is 0. The van der Waals surface area contributed by atoms with Crippen LogP contribution in [0.1, 0.15) is 35.3 Å². The van der Waals surface area contributed by atoms with E-state index in [2.05, 4.69) is 19.2 Å². The second-order valence-corrected chi connectivity index (χ2v) is 6.39. The summed E-state index contributed by atoms with van der Waals surface area (Å²) < 4.78 is 0. The van der Waals surface area contributed by atoms with Gasteiger partial charge in [0.05, 0.1) is 0 Å². The second kappa shape index (κ2) is 5.34. The fourth-order valence-corrected chi connectivity index (χ4v) is 2.88. The van der Waals surface area contributed by atoms with Crippen LogP contribution in [-0.4, -0.2) is 11.3 Å². The quantitative estimate of drug-likeness (QED) is 0.506. The molecule has 22 heavy (non-hydrogen) atoms. The molecule has 1 aliphatic rings. The highest BCUT2D eigenvalue weighted by Gasteiger charge is 2.28. The van der Waals surface area contributed by atoms with Gasteiger partial charge >= 0.3 is 0 Å². The number of nitrogens with two attached hydrogens (primary N) is 1. The van der Waals surface area contributed by atoms with Crippen LogP contribution in [0.4, 0.5) is 5.69 Å². The molecule has 0 radical (unpaired) electrons. The van der Waals surface area contributed by atoms with Gasteiger partial charge < -0.3 is 11.1 Å². The number of hydrogen-bond donors (Lipinski definition) is 2. The smallest absolute Gasteiger partial charge is 0.187 e. The zero-order valence-corrected chi connectivity index (χ0v) is 12.9. The molecule has 3 N–H and O–H groups in total. The van der Waals surface area contributed by atoms with Gasteiger partial charge in [-0.05, 0) is 38.0 Å². The molecular weight excluding hydrogens is 272 g/mol. The Morgan fingerprint density at radius 3 is 2.64 bits per heavy atom. The van der Waals surface area contributed by atoms with Crippen molar-refractivity contribution in [3.63, 3.8) is 0 Å². The second-order valence-electron chi connectivity index (χ2n) is 6.39. The first-order chi connectivity index (χ1) is 10.4. The van der Waals surface area contributed by atoms with E-state index in [1.165, 1.54) is 5.56 Å². The van der Waals surface area contributed by atoms with Gasteiger partial charge in [-0.3, -0.25) is 4.79 Å². The lowest BCUT2D eigenvalue weighted by Crippen LogP contribution is -2.43. The van der Waals surface area contributed by atoms with Gasteiger partial charge in [0.15, 0.2) is 5.78 Å². The van der Waals surface area contributed by atoms with E-state index < -0.39 is 0 Å². The summed E-state index contributed by atoms with van der Waals surface area (Å²) in [5.41, 5.74) is 10.3. The first-order valence-corrected chi connectivity index (χ1v) is 7.43. The number of nitrogen functional groups attached to an aromatic ring is 1. The van der Waals surface area contributed by atoms with Crippen molar-refractivity contribution < 1.29 is 4.79 Å². The summed E-state index contributed by atoms with van der Waals surface area (Å²) in [4.78, 5) is 12.5. The van der Waals surface area contributed by atoms with Crippen molar-refractivity contribution in [2.45, 2.75) is 25.8 Å². The molecule has 0 aliphatic carbocycles. The predicted octanol–water partition coefficient (Wildman–Crippen LogP) is 3.42. The normalized spacial score (nSPS) is 17.6. The van der Waals surface area contributed by atoms with Gasteiger partial charge in [0, 0.05) is 34.1 Å². The average Bonchev–Trinajstić information content (AvgIpc) is 2.48. The zero-order chi connectivity index (χ0) is 15.7. The molecule has 0 atom stereocenters. The fraction of sp³-hybridized carbons (Fsp3) is 0.211. The van der Waals surface area contributed by atoms with Gasteiger partial charge in [-0.1, -0.05) is 36.4 Å². The van der Waals surface area contributed by atoms with Gasteiger partial charge in [-0.15, -0.1) is 0 Å². The van der Waals surface area contributed by atoms with E-state index in [-0.39, 0.29) is 11.3 Å². The summed E-state index contributed by atoms with van der Waals surface area (Å²) in [5.74, 6) is -0.00539. The van der Waals surface area contributed by atoms with E-state index in [1.54, 1.807) is 6.08 Å². The minimum atomic E-state index is -0.0914. The molecule has 0 fully saturated rings. The number of carbonyl (C=O) groups is 1. The highest BCUT2D eigenvalue weighted by Crippen LogP contribution is 2.31. The van der Waals surface area contributed by atoms with E-state index in [9.17, 15) is 4.79 Å². The van der Waals surface area contributed by atoms with Crippen LogP contribution in [0.5, 0.6) is 0 Å². The third-order valence-corrected chi connectivity index (χ3v) is 3.86. The van der Waals surface area contributed by atoms with Crippen molar-refractivity contribution in [2.75, 3.05) is 5.73 Å². The lowest BCUT2D eigenvalue weighted by atomic mass is 9.85. The molecule has 0 saturated heterocycles. The van der Waals surface area contributed by atoms with Crippen LogP contribution in [0, 0.1) is 0 Å². The van der Waals surface area contributed by atoms with Crippen molar-refractivity contribution in [2.24, 2.45) is 0 Å². The molecule has 3 rings (SSSR count). The molecule has 0 aromatic heterocycles. The Morgan fingerprint density at radius 1 is 1.18 bits per heavy atom. The lowest BCUT2D eigenvalue weighted by Gasteiger charge is -2.35. The molecule has 0 spiro atoms. The van der Waals surface area contributed by atoms with Crippen LogP contribution in [-0.2, 0) is 6.42 Å². The van der Waals surface area contributed by atoms with E-state index in [1.807, 2.05) is 48.5 Å². The highest BCUT2D eigenvalue weighted by molar-refractivity contribution is 6.08. The number of benzene rings is 2. The van der Waals surface area contributed by atoms with Gasteiger partial charge in [-0.25, -0.2) is 0 Å². The monoisotopic (exact) mass is 292 g/mol. The Labute approximate surface area is 130 Å². The number of ketones is 1. The van der Waals surface area contributed by atoms with E-state index in [0.717, 1.165) is 17.7 Å². The standard InChI is InChI=1S/C19H20N2O/c1-19(2)12-14-8-9-15(20)10-16(14)17(21-19)11-18(22)13-6-4-3-5-7-13/h3-11,21H,12,20H2,1-2H3/b17-11-. The van der Waals surface area contributed by atoms with Gasteiger partial charge in [0.25, 0.3) is 0 Å². The maximum Gasteiger partial charge on any atom is 0.187 e. The van der Waals surface area contributed by atoms with Crippen molar-refractivity contribution in [3.8, 4) is 0 Å². The molecule has 112 valence electrons. The maximum absolute atomic E-state index is 12.5. The van der Waals surface area contributed by atoms with Crippen molar-refractivity contribution in [3.05, 3.63) is 71.3 Å². The van der Waals surface area contributed by atoms with E-state index in [4.69, 9.17) is 5.73 Å². The van der Waals surface area contributed by atoms with Crippen LogP contribution in [0.15, 0.2) is 54.6 Å². The van der Waals surface area contributed by atoms with Crippen molar-refractivity contribution >= 4 is 17.2 Å². The largest absolute Gasteiger partial charge is 0.399 e. The molecule has 3 nitrogen and oxygen atoms in total. The molecule has 2 aromatic rings. The Bertz CT molecular complexity index is 745. The Kier molecular flexibility index (Phi) is 3.49.